The maximum Gasteiger partial charge on any atom is 0.416 e. The summed E-state index contributed by atoms with van der Waals surface area (Å²) in [7, 11) is 0. The molecule has 0 aliphatic rings. The van der Waals surface area contributed by atoms with Gasteiger partial charge in [0.05, 0.1) is 10.5 Å². The maximum absolute atomic E-state index is 12.6. The van der Waals surface area contributed by atoms with E-state index >= 15 is 0 Å². The normalized spacial score (nSPS) is 11.2. The Hall–Kier alpha value is -2.12. The number of hydrogen-bond donors (Lipinski definition) is 1. The largest absolute Gasteiger partial charge is 0.416 e. The van der Waals surface area contributed by atoms with Crippen LogP contribution in [0.25, 0.3) is 0 Å². The van der Waals surface area contributed by atoms with Crippen molar-refractivity contribution in [2.75, 3.05) is 5.32 Å². The number of aryl methyl sites for hydroxylation is 1. The molecule has 1 aromatic carbocycles. The second-order valence-electron chi connectivity index (χ2n) is 3.62. The van der Waals surface area contributed by atoms with Gasteiger partial charge in [-0.1, -0.05) is 0 Å². The van der Waals surface area contributed by atoms with Crippen molar-refractivity contribution in [1.82, 2.24) is 0 Å². The van der Waals surface area contributed by atoms with E-state index in [0.29, 0.717) is 6.07 Å². The van der Waals surface area contributed by atoms with Crippen LogP contribution in [0, 0.1) is 17.0 Å². The molecule has 5 nitrogen and oxygen atoms in total. The number of carbonyl (C=O) groups excluding carboxylic acids is 1. The van der Waals surface area contributed by atoms with Crippen LogP contribution in [0.15, 0.2) is 12.1 Å². The van der Waals surface area contributed by atoms with Gasteiger partial charge in [0.15, 0.2) is 0 Å². The minimum atomic E-state index is -4.63. The van der Waals surface area contributed by atoms with Gasteiger partial charge in [-0.2, -0.15) is 13.2 Å². The standard InChI is InChI=1S/C10H9F3N2O3/c1-5-3-9(15(17)18)8(14-6(2)16)4-7(5)10(11,12)13/h3-4H,1-2H3,(H,14,16). The Labute approximate surface area is 99.8 Å². The summed E-state index contributed by atoms with van der Waals surface area (Å²) < 4.78 is 37.8. The zero-order valence-electron chi connectivity index (χ0n) is 9.46. The Morgan fingerprint density at radius 1 is 1.39 bits per heavy atom. The summed E-state index contributed by atoms with van der Waals surface area (Å²) in [6.45, 7) is 2.17. The minimum Gasteiger partial charge on any atom is -0.321 e. The second kappa shape index (κ2) is 4.63. The summed E-state index contributed by atoms with van der Waals surface area (Å²) in [5.41, 5.74) is -2.33. The zero-order chi connectivity index (χ0) is 14.1. The van der Waals surface area contributed by atoms with Crippen LogP contribution in [-0.2, 0) is 11.0 Å². The molecule has 0 unspecified atom stereocenters. The van der Waals surface area contributed by atoms with Crippen molar-refractivity contribution in [1.29, 1.82) is 0 Å². The third-order valence-corrected chi connectivity index (χ3v) is 2.16. The van der Waals surface area contributed by atoms with E-state index in [1.54, 1.807) is 0 Å². The van der Waals surface area contributed by atoms with Gasteiger partial charge in [0.1, 0.15) is 5.69 Å². The lowest BCUT2D eigenvalue weighted by molar-refractivity contribution is -0.384. The van der Waals surface area contributed by atoms with E-state index in [0.717, 1.165) is 19.9 Å². The van der Waals surface area contributed by atoms with E-state index in [4.69, 9.17) is 0 Å². The summed E-state index contributed by atoms with van der Waals surface area (Å²) >= 11 is 0. The van der Waals surface area contributed by atoms with Gasteiger partial charge in [0.2, 0.25) is 5.91 Å². The van der Waals surface area contributed by atoms with Gasteiger partial charge in [-0.15, -0.1) is 0 Å². The number of halogens is 3. The van der Waals surface area contributed by atoms with Crippen molar-refractivity contribution in [2.45, 2.75) is 20.0 Å². The van der Waals surface area contributed by atoms with Gasteiger partial charge in [-0.3, -0.25) is 14.9 Å². The fourth-order valence-electron chi connectivity index (χ4n) is 1.44. The fraction of sp³-hybridized carbons (Fsp3) is 0.300. The number of amides is 1. The maximum atomic E-state index is 12.6. The van der Waals surface area contributed by atoms with E-state index in [1.165, 1.54) is 0 Å². The molecule has 0 saturated heterocycles. The average molecular weight is 262 g/mol. The van der Waals surface area contributed by atoms with Gasteiger partial charge in [0, 0.05) is 13.0 Å². The first-order chi connectivity index (χ1) is 8.12. The van der Waals surface area contributed by atoms with Crippen LogP contribution in [0.3, 0.4) is 0 Å². The lowest BCUT2D eigenvalue weighted by Gasteiger charge is -2.12. The van der Waals surface area contributed by atoms with E-state index in [2.05, 4.69) is 0 Å². The monoisotopic (exact) mass is 262 g/mol. The first kappa shape index (κ1) is 13.9. The summed E-state index contributed by atoms with van der Waals surface area (Å²) in [4.78, 5) is 20.7. The number of nitrogens with one attached hydrogen (secondary N) is 1. The molecule has 1 rings (SSSR count). The summed E-state index contributed by atoms with van der Waals surface area (Å²) in [5, 5.41) is 12.7. The number of carbonyl (C=O) groups is 1. The Morgan fingerprint density at radius 2 is 1.94 bits per heavy atom. The van der Waals surface area contributed by atoms with Gasteiger partial charge in [0.25, 0.3) is 5.69 Å². The molecule has 0 atom stereocenters. The molecule has 1 aromatic rings. The van der Waals surface area contributed by atoms with Crippen molar-refractivity contribution < 1.29 is 22.9 Å². The molecule has 0 fully saturated rings. The molecule has 1 N–H and O–H groups in total. The highest BCUT2D eigenvalue weighted by atomic mass is 19.4. The van der Waals surface area contributed by atoms with Gasteiger partial charge >= 0.3 is 6.18 Å². The minimum absolute atomic E-state index is 0.275. The Morgan fingerprint density at radius 3 is 2.33 bits per heavy atom. The highest BCUT2D eigenvalue weighted by Gasteiger charge is 2.34. The molecule has 0 radical (unpaired) electrons. The van der Waals surface area contributed by atoms with Crippen molar-refractivity contribution in [2.24, 2.45) is 0 Å². The molecule has 0 aliphatic carbocycles. The highest BCUT2D eigenvalue weighted by Crippen LogP contribution is 2.37. The molecule has 0 heterocycles. The summed E-state index contributed by atoms with van der Waals surface area (Å²) in [5.74, 6) is -0.685. The smallest absolute Gasteiger partial charge is 0.321 e. The summed E-state index contributed by atoms with van der Waals surface area (Å²) in [6.07, 6.45) is -4.63. The number of nitro groups is 1. The first-order valence-corrected chi connectivity index (χ1v) is 4.76. The molecule has 0 aliphatic heterocycles. The number of hydrogen-bond acceptors (Lipinski definition) is 3. The van der Waals surface area contributed by atoms with Crippen LogP contribution in [0.2, 0.25) is 0 Å². The second-order valence-corrected chi connectivity index (χ2v) is 3.62. The fourth-order valence-corrected chi connectivity index (χ4v) is 1.44. The molecular weight excluding hydrogens is 253 g/mol. The molecule has 0 bridgehead atoms. The number of alkyl halides is 3. The number of nitro benzene ring substituents is 1. The van der Waals surface area contributed by atoms with E-state index in [9.17, 15) is 28.1 Å². The molecule has 0 saturated carbocycles. The van der Waals surface area contributed by atoms with E-state index in [-0.39, 0.29) is 5.56 Å². The average Bonchev–Trinajstić information content (AvgIpc) is 2.17. The van der Waals surface area contributed by atoms with Crippen molar-refractivity contribution in [3.63, 3.8) is 0 Å². The number of anilines is 1. The topological polar surface area (TPSA) is 72.2 Å². The van der Waals surface area contributed by atoms with E-state index < -0.39 is 33.9 Å². The van der Waals surface area contributed by atoms with Crippen molar-refractivity contribution in [3.05, 3.63) is 33.4 Å². The molecule has 18 heavy (non-hydrogen) atoms. The van der Waals surface area contributed by atoms with E-state index in [1.807, 2.05) is 5.32 Å². The lowest BCUT2D eigenvalue weighted by Crippen LogP contribution is -2.13. The highest BCUT2D eigenvalue weighted by molar-refractivity contribution is 5.91. The number of nitrogens with zero attached hydrogens (tertiary/aromatic N) is 1. The van der Waals surface area contributed by atoms with Crippen molar-refractivity contribution >= 4 is 17.3 Å². The predicted octanol–water partition coefficient (Wildman–Crippen LogP) is 2.88. The number of rotatable bonds is 2. The molecule has 8 heteroatoms. The Kier molecular flexibility index (Phi) is 3.59. The first-order valence-electron chi connectivity index (χ1n) is 4.76. The number of benzene rings is 1. The van der Waals surface area contributed by atoms with Gasteiger partial charge in [-0.25, -0.2) is 0 Å². The lowest BCUT2D eigenvalue weighted by atomic mass is 10.1. The third-order valence-electron chi connectivity index (χ3n) is 2.16. The molecule has 0 aromatic heterocycles. The summed E-state index contributed by atoms with van der Waals surface area (Å²) in [6, 6.07) is 1.35. The quantitative estimate of drug-likeness (QED) is 0.657. The molecule has 1 amide bonds. The molecule has 98 valence electrons. The van der Waals surface area contributed by atoms with Gasteiger partial charge in [-0.05, 0) is 18.6 Å². The molecule has 0 spiro atoms. The SMILES string of the molecule is CC(=O)Nc1cc(C(F)(F)F)c(C)cc1[N+](=O)[O-]. The van der Waals surface area contributed by atoms with Crippen LogP contribution in [0.4, 0.5) is 24.5 Å². The van der Waals surface area contributed by atoms with Gasteiger partial charge < -0.3 is 5.32 Å². The third kappa shape index (κ3) is 2.96. The van der Waals surface area contributed by atoms with Crippen LogP contribution in [0.1, 0.15) is 18.1 Å². The molecular formula is C10H9F3N2O3. The Bertz CT molecular complexity index is 512. The van der Waals surface area contributed by atoms with Crippen LogP contribution in [0.5, 0.6) is 0 Å². The van der Waals surface area contributed by atoms with Crippen LogP contribution >= 0.6 is 0 Å². The Balaban J connectivity index is 3.45. The predicted molar refractivity (Wildman–Crippen MR) is 57.1 cm³/mol. The zero-order valence-corrected chi connectivity index (χ0v) is 9.46. The van der Waals surface area contributed by atoms with Crippen molar-refractivity contribution in [3.8, 4) is 0 Å². The van der Waals surface area contributed by atoms with Crippen LogP contribution < -0.4 is 5.32 Å². The van der Waals surface area contributed by atoms with Crippen LogP contribution in [-0.4, -0.2) is 10.8 Å².